The Hall–Kier alpha value is -0.860. The topological polar surface area (TPSA) is 31.2 Å². The van der Waals surface area contributed by atoms with E-state index in [2.05, 4.69) is 12.2 Å². The quantitative estimate of drug-likeness (QED) is 0.727. The van der Waals surface area contributed by atoms with Gasteiger partial charge in [-0.1, -0.05) is 11.6 Å². The lowest BCUT2D eigenvalue weighted by Crippen LogP contribution is -2.34. The van der Waals surface area contributed by atoms with E-state index >= 15 is 0 Å². The lowest BCUT2D eigenvalue weighted by molar-refractivity contribution is 0.0880. The lowest BCUT2D eigenvalue weighted by Gasteiger charge is -2.25. The first-order valence-electron chi connectivity index (χ1n) is 5.63. The van der Waals surface area contributed by atoms with Gasteiger partial charge >= 0.3 is 0 Å². The number of ketones is 1. The third kappa shape index (κ3) is 2.63. The van der Waals surface area contributed by atoms with Gasteiger partial charge in [0.2, 0.25) is 0 Å². The van der Waals surface area contributed by atoms with Crippen LogP contribution in [0.3, 0.4) is 0 Å². The molecule has 1 fully saturated rings. The number of carbonyl (C=O) groups excluding carboxylic acids is 1. The number of piperidine rings is 1. The lowest BCUT2D eigenvalue weighted by atomic mass is 9.86. The summed E-state index contributed by atoms with van der Waals surface area (Å²) in [6, 6.07) is 7.47. The largest absolute Gasteiger partial charge is 0.294 e. The van der Waals surface area contributed by atoms with Crippen molar-refractivity contribution in [2.45, 2.75) is 25.8 Å². The van der Waals surface area contributed by atoms with Crippen LogP contribution in [0.25, 0.3) is 0 Å². The van der Waals surface area contributed by atoms with E-state index in [9.17, 15) is 4.79 Å². The van der Waals surface area contributed by atoms with Gasteiger partial charge in [0.05, 0.1) is 0 Å². The van der Waals surface area contributed by atoms with Crippen molar-refractivity contribution in [1.29, 1.82) is 0 Å². The second-order valence-electron chi connectivity index (χ2n) is 4.35. The van der Waals surface area contributed by atoms with Crippen LogP contribution < -0.4 is 5.32 Å². The van der Waals surface area contributed by atoms with Crippen molar-refractivity contribution in [3.8, 4) is 0 Å². The third-order valence-corrected chi connectivity index (χ3v) is 3.30. The number of hydrogen-bond donors (Lipinski definition) is 0. The number of benzene rings is 1. The van der Waals surface area contributed by atoms with Crippen molar-refractivity contribution < 1.29 is 4.79 Å². The molecule has 2 atom stereocenters. The van der Waals surface area contributed by atoms with Crippen LogP contribution in [0.5, 0.6) is 0 Å². The summed E-state index contributed by atoms with van der Waals surface area (Å²) in [5.41, 5.74) is 0.767. The van der Waals surface area contributed by atoms with Gasteiger partial charge in [0.15, 0.2) is 5.78 Å². The van der Waals surface area contributed by atoms with Crippen LogP contribution >= 0.6 is 11.6 Å². The third-order valence-electron chi connectivity index (χ3n) is 3.04. The summed E-state index contributed by atoms with van der Waals surface area (Å²) in [6.07, 6.45) is 1.76. The Labute approximate surface area is 101 Å². The molecule has 1 heterocycles. The van der Waals surface area contributed by atoms with Crippen molar-refractivity contribution in [2.24, 2.45) is 5.92 Å². The molecule has 1 aliphatic heterocycles. The van der Waals surface area contributed by atoms with Gasteiger partial charge in [-0.3, -0.25) is 4.79 Å². The predicted octanol–water partition coefficient (Wildman–Crippen LogP) is 2.93. The SMILES string of the molecule is CC1CC(C(=O)c2ccc(Cl)cc2)CC[N]1. The molecule has 1 aliphatic rings. The Balaban J connectivity index is 2.09. The molecule has 2 nitrogen and oxygen atoms in total. The Morgan fingerprint density at radius 1 is 1.38 bits per heavy atom. The van der Waals surface area contributed by atoms with Crippen LogP contribution in [0.4, 0.5) is 0 Å². The number of hydrogen-bond acceptors (Lipinski definition) is 1. The monoisotopic (exact) mass is 236 g/mol. The first kappa shape index (κ1) is 11.6. The molecule has 1 saturated heterocycles. The smallest absolute Gasteiger partial charge is 0.166 e. The molecule has 0 aliphatic carbocycles. The molecule has 0 amide bonds. The van der Waals surface area contributed by atoms with Crippen molar-refractivity contribution in [2.75, 3.05) is 6.54 Å². The number of carbonyl (C=O) groups is 1. The number of rotatable bonds is 2. The summed E-state index contributed by atoms with van der Waals surface area (Å²) >= 11 is 5.80. The minimum atomic E-state index is 0.133. The zero-order chi connectivity index (χ0) is 11.5. The Morgan fingerprint density at radius 2 is 2.06 bits per heavy atom. The highest BCUT2D eigenvalue weighted by Crippen LogP contribution is 2.22. The average molecular weight is 237 g/mol. The van der Waals surface area contributed by atoms with E-state index in [1.54, 1.807) is 24.3 Å². The summed E-state index contributed by atoms with van der Waals surface area (Å²) in [5, 5.41) is 5.07. The molecule has 1 aromatic rings. The Bertz CT molecular complexity index is 374. The van der Waals surface area contributed by atoms with Crippen LogP contribution in [0, 0.1) is 5.92 Å². The van der Waals surface area contributed by atoms with Gasteiger partial charge in [-0.05, 0) is 44.0 Å². The number of halogens is 1. The summed E-state index contributed by atoms with van der Waals surface area (Å²) in [7, 11) is 0. The average Bonchev–Trinajstić information content (AvgIpc) is 2.29. The normalized spacial score (nSPS) is 25.4. The first-order chi connectivity index (χ1) is 7.66. The van der Waals surface area contributed by atoms with Crippen molar-refractivity contribution in [3.05, 3.63) is 34.9 Å². The van der Waals surface area contributed by atoms with Crippen LogP contribution in [0.1, 0.15) is 30.1 Å². The van der Waals surface area contributed by atoms with E-state index in [0.717, 1.165) is 24.9 Å². The highest BCUT2D eigenvalue weighted by Gasteiger charge is 2.26. The maximum absolute atomic E-state index is 12.2. The highest BCUT2D eigenvalue weighted by atomic mass is 35.5. The fourth-order valence-corrected chi connectivity index (χ4v) is 2.27. The molecule has 85 valence electrons. The van der Waals surface area contributed by atoms with Crippen molar-refractivity contribution in [1.82, 2.24) is 5.32 Å². The molecule has 0 spiro atoms. The van der Waals surface area contributed by atoms with Gasteiger partial charge in [-0.2, -0.15) is 0 Å². The molecule has 1 radical (unpaired) electrons. The highest BCUT2D eigenvalue weighted by molar-refractivity contribution is 6.30. The zero-order valence-electron chi connectivity index (χ0n) is 9.32. The van der Waals surface area contributed by atoms with Crippen LogP contribution in [-0.4, -0.2) is 18.4 Å². The van der Waals surface area contributed by atoms with Gasteiger partial charge in [-0.15, -0.1) is 0 Å². The van der Waals surface area contributed by atoms with Crippen LogP contribution in [-0.2, 0) is 0 Å². The molecule has 0 bridgehead atoms. The first-order valence-corrected chi connectivity index (χ1v) is 6.01. The molecular formula is C13H15ClNO. The van der Waals surface area contributed by atoms with Crippen LogP contribution in [0.15, 0.2) is 24.3 Å². The van der Waals surface area contributed by atoms with E-state index < -0.39 is 0 Å². The van der Waals surface area contributed by atoms with E-state index in [-0.39, 0.29) is 11.7 Å². The fraction of sp³-hybridized carbons (Fsp3) is 0.462. The Kier molecular flexibility index (Phi) is 3.62. The molecule has 3 heteroatoms. The van der Waals surface area contributed by atoms with E-state index in [4.69, 9.17) is 11.6 Å². The molecule has 0 saturated carbocycles. The Morgan fingerprint density at radius 3 is 2.69 bits per heavy atom. The molecular weight excluding hydrogens is 222 g/mol. The van der Waals surface area contributed by atoms with Gasteiger partial charge in [0.1, 0.15) is 0 Å². The number of nitrogens with zero attached hydrogens (tertiary/aromatic N) is 1. The molecule has 2 unspecified atom stereocenters. The van der Waals surface area contributed by atoms with Crippen molar-refractivity contribution >= 4 is 17.4 Å². The summed E-state index contributed by atoms with van der Waals surface area (Å²) in [6.45, 7) is 2.88. The van der Waals surface area contributed by atoms with E-state index in [1.165, 1.54) is 0 Å². The van der Waals surface area contributed by atoms with Gasteiger partial charge in [-0.25, -0.2) is 5.32 Å². The summed E-state index contributed by atoms with van der Waals surface area (Å²) < 4.78 is 0. The van der Waals surface area contributed by atoms with E-state index in [0.29, 0.717) is 11.1 Å². The zero-order valence-corrected chi connectivity index (χ0v) is 10.1. The van der Waals surface area contributed by atoms with Crippen molar-refractivity contribution in [3.63, 3.8) is 0 Å². The second kappa shape index (κ2) is 4.98. The maximum Gasteiger partial charge on any atom is 0.166 e. The van der Waals surface area contributed by atoms with Gasteiger partial charge in [0.25, 0.3) is 0 Å². The van der Waals surface area contributed by atoms with Crippen LogP contribution in [0.2, 0.25) is 5.02 Å². The standard InChI is InChI=1S/C13H15ClNO/c1-9-8-11(6-7-15-9)13(16)10-2-4-12(14)5-3-10/h2-5,9,11H,6-8H2,1H3. The molecule has 1 aromatic carbocycles. The predicted molar refractivity (Wildman–Crippen MR) is 65.0 cm³/mol. The fourth-order valence-electron chi connectivity index (χ4n) is 2.14. The summed E-state index contributed by atoms with van der Waals surface area (Å²) in [5.74, 6) is 0.368. The van der Waals surface area contributed by atoms with Gasteiger partial charge < -0.3 is 0 Å². The second-order valence-corrected chi connectivity index (χ2v) is 4.78. The number of Topliss-reactive ketones (excluding diaryl/α,β-unsaturated/α-hetero) is 1. The minimum Gasteiger partial charge on any atom is -0.294 e. The minimum absolute atomic E-state index is 0.133. The molecule has 16 heavy (non-hydrogen) atoms. The molecule has 0 aromatic heterocycles. The maximum atomic E-state index is 12.2. The molecule has 0 N–H and O–H groups in total. The molecule has 2 rings (SSSR count). The van der Waals surface area contributed by atoms with Gasteiger partial charge in [0, 0.05) is 29.1 Å². The van der Waals surface area contributed by atoms with E-state index in [1.807, 2.05) is 0 Å². The summed E-state index contributed by atoms with van der Waals surface area (Å²) in [4.78, 5) is 12.2.